The topological polar surface area (TPSA) is 108 Å². The molecule has 0 N–H and O–H groups in total. The maximum absolute atomic E-state index is 11.7. The van der Waals surface area contributed by atoms with E-state index >= 15 is 0 Å². The molecule has 0 saturated carbocycles. The second-order valence-corrected chi connectivity index (χ2v) is 9.03. The number of anilines is 3. The van der Waals surface area contributed by atoms with Gasteiger partial charge in [0.1, 0.15) is 0 Å². The van der Waals surface area contributed by atoms with Gasteiger partial charge in [0.25, 0.3) is 0 Å². The normalized spacial score (nSPS) is 22.0. The number of hydrogen-bond acceptors (Lipinski definition) is 10. The van der Waals surface area contributed by atoms with Crippen molar-refractivity contribution < 1.29 is 8.42 Å². The van der Waals surface area contributed by atoms with E-state index in [2.05, 4.69) is 34.9 Å². The minimum atomic E-state index is -2.96. The molecule has 144 valence electrons. The minimum Gasteiger partial charge on any atom is -0.352 e. The molecule has 0 radical (unpaired) electrons. The third-order valence-corrected chi connectivity index (χ3v) is 6.80. The Morgan fingerprint density at radius 1 is 1.11 bits per heavy atom. The molecule has 4 heterocycles. The summed E-state index contributed by atoms with van der Waals surface area (Å²) in [6, 6.07) is 1.71. The zero-order valence-corrected chi connectivity index (χ0v) is 16.0. The summed E-state index contributed by atoms with van der Waals surface area (Å²) in [4.78, 5) is 19.3. The van der Waals surface area contributed by atoms with Crippen LogP contribution in [-0.2, 0) is 9.84 Å². The summed E-state index contributed by atoms with van der Waals surface area (Å²) in [5.74, 6) is 2.32. The van der Waals surface area contributed by atoms with E-state index in [-0.39, 0.29) is 17.5 Å². The van der Waals surface area contributed by atoms with Crippen molar-refractivity contribution in [3.63, 3.8) is 0 Å². The Hall–Kier alpha value is -2.56. The molecule has 11 heteroatoms. The van der Waals surface area contributed by atoms with E-state index in [4.69, 9.17) is 0 Å². The molecule has 4 rings (SSSR count). The number of piperazine rings is 1. The van der Waals surface area contributed by atoms with Crippen LogP contribution in [-0.4, -0.2) is 84.3 Å². The highest BCUT2D eigenvalue weighted by molar-refractivity contribution is 7.91. The number of rotatable bonds is 4. The third-order valence-electron chi connectivity index (χ3n) is 5.05. The third kappa shape index (κ3) is 3.92. The standard InChI is InChI=1S/C16H22N8O2S/c1-22(13-3-10-27(25,26)12-13)16-20-14(11-19-21-16)23-6-8-24(9-7-23)15-17-4-2-5-18-15/h2,4-5,11,13H,3,6-10,12H2,1H3. The van der Waals surface area contributed by atoms with Crippen molar-refractivity contribution >= 4 is 27.6 Å². The smallest absolute Gasteiger partial charge is 0.247 e. The van der Waals surface area contributed by atoms with Crippen molar-refractivity contribution in [2.24, 2.45) is 0 Å². The summed E-state index contributed by atoms with van der Waals surface area (Å²) in [5.41, 5.74) is 0. The van der Waals surface area contributed by atoms with Crippen LogP contribution in [0.4, 0.5) is 17.7 Å². The fraction of sp³-hybridized carbons (Fsp3) is 0.562. The molecule has 2 fully saturated rings. The maximum Gasteiger partial charge on any atom is 0.247 e. The molecular formula is C16H22N8O2S. The molecule has 0 bridgehead atoms. The van der Waals surface area contributed by atoms with Gasteiger partial charge in [-0.3, -0.25) is 0 Å². The van der Waals surface area contributed by atoms with Crippen molar-refractivity contribution in [3.8, 4) is 0 Å². The van der Waals surface area contributed by atoms with E-state index in [1.807, 2.05) is 11.9 Å². The van der Waals surface area contributed by atoms with Gasteiger partial charge in [0.15, 0.2) is 15.7 Å². The highest BCUT2D eigenvalue weighted by Gasteiger charge is 2.32. The van der Waals surface area contributed by atoms with E-state index in [1.165, 1.54) is 0 Å². The second kappa shape index (κ2) is 7.22. The van der Waals surface area contributed by atoms with E-state index < -0.39 is 9.84 Å². The Labute approximate surface area is 158 Å². The van der Waals surface area contributed by atoms with Gasteiger partial charge >= 0.3 is 0 Å². The van der Waals surface area contributed by atoms with Crippen LogP contribution in [0.1, 0.15) is 6.42 Å². The Kier molecular flexibility index (Phi) is 4.77. The van der Waals surface area contributed by atoms with Crippen LogP contribution < -0.4 is 14.7 Å². The highest BCUT2D eigenvalue weighted by Crippen LogP contribution is 2.22. The molecular weight excluding hydrogens is 368 g/mol. The lowest BCUT2D eigenvalue weighted by Gasteiger charge is -2.35. The summed E-state index contributed by atoms with van der Waals surface area (Å²) in [6.07, 6.45) is 5.74. The van der Waals surface area contributed by atoms with E-state index in [9.17, 15) is 8.42 Å². The molecule has 2 aromatic rings. The van der Waals surface area contributed by atoms with Crippen LogP contribution in [0.2, 0.25) is 0 Å². The van der Waals surface area contributed by atoms with Crippen LogP contribution in [0.25, 0.3) is 0 Å². The van der Waals surface area contributed by atoms with E-state index in [0.717, 1.165) is 37.9 Å². The second-order valence-electron chi connectivity index (χ2n) is 6.81. The maximum atomic E-state index is 11.7. The van der Waals surface area contributed by atoms with Gasteiger partial charge in [-0.05, 0) is 12.5 Å². The van der Waals surface area contributed by atoms with Gasteiger partial charge in [-0.2, -0.15) is 10.1 Å². The van der Waals surface area contributed by atoms with Crippen LogP contribution in [0.5, 0.6) is 0 Å². The molecule has 0 aliphatic carbocycles. The first-order valence-corrected chi connectivity index (χ1v) is 10.7. The Bertz CT molecular complexity index is 886. The van der Waals surface area contributed by atoms with Gasteiger partial charge in [-0.1, -0.05) is 0 Å². The van der Waals surface area contributed by atoms with Crippen molar-refractivity contribution in [2.75, 3.05) is 59.4 Å². The molecule has 1 unspecified atom stereocenters. The average molecular weight is 390 g/mol. The minimum absolute atomic E-state index is 0.0980. The molecule has 1 atom stereocenters. The number of hydrogen-bond donors (Lipinski definition) is 0. The van der Waals surface area contributed by atoms with Gasteiger partial charge in [-0.25, -0.2) is 18.4 Å². The molecule has 2 saturated heterocycles. The van der Waals surface area contributed by atoms with Gasteiger partial charge in [0, 0.05) is 51.7 Å². The quantitative estimate of drug-likeness (QED) is 0.685. The van der Waals surface area contributed by atoms with Crippen molar-refractivity contribution in [1.82, 2.24) is 25.1 Å². The number of sulfone groups is 1. The van der Waals surface area contributed by atoms with Gasteiger partial charge in [-0.15, -0.1) is 5.10 Å². The summed E-state index contributed by atoms with van der Waals surface area (Å²) in [5, 5.41) is 8.18. The molecule has 0 spiro atoms. The zero-order chi connectivity index (χ0) is 18.9. The van der Waals surface area contributed by atoms with E-state index in [1.54, 1.807) is 24.7 Å². The summed E-state index contributed by atoms with van der Waals surface area (Å²) >= 11 is 0. The molecule has 2 aromatic heterocycles. The lowest BCUT2D eigenvalue weighted by atomic mass is 10.2. The Morgan fingerprint density at radius 2 is 1.81 bits per heavy atom. The van der Waals surface area contributed by atoms with Crippen molar-refractivity contribution in [2.45, 2.75) is 12.5 Å². The Morgan fingerprint density at radius 3 is 2.48 bits per heavy atom. The summed E-state index contributed by atoms with van der Waals surface area (Å²) in [7, 11) is -1.13. The van der Waals surface area contributed by atoms with Crippen molar-refractivity contribution in [3.05, 3.63) is 24.7 Å². The van der Waals surface area contributed by atoms with Crippen LogP contribution in [0, 0.1) is 0 Å². The van der Waals surface area contributed by atoms with Crippen molar-refractivity contribution in [1.29, 1.82) is 0 Å². The summed E-state index contributed by atoms with van der Waals surface area (Å²) < 4.78 is 23.5. The number of aromatic nitrogens is 5. The number of nitrogens with zero attached hydrogens (tertiary/aromatic N) is 8. The fourth-order valence-corrected chi connectivity index (χ4v) is 5.20. The zero-order valence-electron chi connectivity index (χ0n) is 15.1. The van der Waals surface area contributed by atoms with Crippen LogP contribution in [0.3, 0.4) is 0 Å². The van der Waals surface area contributed by atoms with Gasteiger partial charge in [0.05, 0.1) is 17.7 Å². The lowest BCUT2D eigenvalue weighted by Crippen LogP contribution is -2.47. The van der Waals surface area contributed by atoms with E-state index in [0.29, 0.717) is 12.4 Å². The summed E-state index contributed by atoms with van der Waals surface area (Å²) in [6.45, 7) is 3.13. The predicted molar refractivity (Wildman–Crippen MR) is 102 cm³/mol. The average Bonchev–Trinajstić information content (AvgIpc) is 3.08. The van der Waals surface area contributed by atoms with Gasteiger partial charge < -0.3 is 14.7 Å². The molecule has 2 aliphatic heterocycles. The predicted octanol–water partition coefficient (Wildman–Crippen LogP) is -0.388. The molecule has 0 aromatic carbocycles. The van der Waals surface area contributed by atoms with Crippen LogP contribution >= 0.6 is 0 Å². The SMILES string of the molecule is CN(c1nncc(N2CCN(c3ncccn3)CC2)n1)C1CCS(=O)(=O)C1. The largest absolute Gasteiger partial charge is 0.352 e. The first kappa shape index (κ1) is 17.8. The van der Waals surface area contributed by atoms with Gasteiger partial charge in [0.2, 0.25) is 11.9 Å². The fourth-order valence-electron chi connectivity index (χ4n) is 3.42. The molecule has 10 nitrogen and oxygen atoms in total. The molecule has 0 amide bonds. The first-order chi connectivity index (χ1) is 13.0. The Balaban J connectivity index is 1.43. The monoisotopic (exact) mass is 390 g/mol. The molecule has 27 heavy (non-hydrogen) atoms. The first-order valence-electron chi connectivity index (χ1n) is 8.92. The molecule has 2 aliphatic rings. The lowest BCUT2D eigenvalue weighted by molar-refractivity contribution is 0.600. The highest BCUT2D eigenvalue weighted by atomic mass is 32.2. The van der Waals surface area contributed by atoms with Crippen LogP contribution in [0.15, 0.2) is 24.7 Å².